The summed E-state index contributed by atoms with van der Waals surface area (Å²) in [5.74, 6) is -0.615. The van der Waals surface area contributed by atoms with Gasteiger partial charge in [-0.1, -0.05) is 24.3 Å². The van der Waals surface area contributed by atoms with Gasteiger partial charge in [0.05, 0.1) is 32.2 Å². The summed E-state index contributed by atoms with van der Waals surface area (Å²) in [7, 11) is -11.4. The minimum atomic E-state index is -4.02. The lowest BCUT2D eigenvalue weighted by Crippen LogP contribution is -2.23. The smallest absolute Gasteiger partial charge is 0.261 e. The Balaban J connectivity index is 1.97. The molecule has 2 aromatic carbocycles. The molecule has 1 heterocycles. The lowest BCUT2D eigenvalue weighted by molar-refractivity contribution is 0.582. The van der Waals surface area contributed by atoms with Crippen LogP contribution >= 0.6 is 0 Å². The van der Waals surface area contributed by atoms with Gasteiger partial charge in [0.15, 0.2) is 19.7 Å². The van der Waals surface area contributed by atoms with Crippen molar-refractivity contribution in [1.29, 1.82) is 0 Å². The van der Waals surface area contributed by atoms with Crippen molar-refractivity contribution < 1.29 is 25.3 Å². The zero-order valence-corrected chi connectivity index (χ0v) is 17.9. The molecule has 7 nitrogen and oxygen atoms in total. The highest BCUT2D eigenvalue weighted by Gasteiger charge is 2.38. The van der Waals surface area contributed by atoms with E-state index in [1.807, 2.05) is 6.07 Å². The van der Waals surface area contributed by atoms with E-state index in [-0.39, 0.29) is 22.0 Å². The van der Waals surface area contributed by atoms with Crippen LogP contribution < -0.4 is 4.72 Å². The maximum atomic E-state index is 12.8. The summed E-state index contributed by atoms with van der Waals surface area (Å²) in [5, 5.41) is -1.05. The van der Waals surface area contributed by atoms with Crippen LogP contribution in [-0.4, -0.2) is 42.0 Å². The highest BCUT2D eigenvalue weighted by atomic mass is 32.2. The molecule has 10 heteroatoms. The first-order valence-electron chi connectivity index (χ1n) is 8.56. The quantitative estimate of drug-likeness (QED) is 0.757. The Morgan fingerprint density at radius 1 is 0.929 bits per heavy atom. The topological polar surface area (TPSA) is 114 Å². The van der Waals surface area contributed by atoms with Crippen molar-refractivity contribution in [3.8, 4) is 0 Å². The van der Waals surface area contributed by atoms with E-state index in [2.05, 4.69) is 4.72 Å². The van der Waals surface area contributed by atoms with Gasteiger partial charge in [-0.05, 0) is 49.6 Å². The summed E-state index contributed by atoms with van der Waals surface area (Å²) in [6.45, 7) is 3.54. The predicted octanol–water partition coefficient (Wildman–Crippen LogP) is 2.07. The summed E-state index contributed by atoms with van der Waals surface area (Å²) in [5.41, 5.74) is 1.92. The number of rotatable bonds is 5. The molecule has 2 aromatic rings. The van der Waals surface area contributed by atoms with Crippen LogP contribution in [0.25, 0.3) is 0 Å². The number of hydrogen-bond acceptors (Lipinski definition) is 6. The largest absolute Gasteiger partial charge is 0.279 e. The molecule has 1 aliphatic rings. The van der Waals surface area contributed by atoms with Crippen LogP contribution in [0.3, 0.4) is 0 Å². The molecule has 0 unspecified atom stereocenters. The van der Waals surface area contributed by atoms with Crippen LogP contribution in [0.2, 0.25) is 0 Å². The summed E-state index contributed by atoms with van der Waals surface area (Å²) < 4.78 is 77.0. The molecule has 0 saturated carbocycles. The van der Waals surface area contributed by atoms with E-state index in [0.29, 0.717) is 5.69 Å². The summed E-state index contributed by atoms with van der Waals surface area (Å²) in [6.07, 6.45) is 0.0162. The third-order valence-electron chi connectivity index (χ3n) is 4.79. The Labute approximate surface area is 165 Å². The lowest BCUT2D eigenvalue weighted by Gasteiger charge is -2.15. The molecule has 3 rings (SSSR count). The van der Waals surface area contributed by atoms with Gasteiger partial charge in [0.25, 0.3) is 10.0 Å². The summed E-state index contributed by atoms with van der Waals surface area (Å²) in [4.78, 5) is -0.393. The first kappa shape index (κ1) is 20.8. The second-order valence-electron chi connectivity index (χ2n) is 6.92. The van der Waals surface area contributed by atoms with Crippen molar-refractivity contribution in [3.63, 3.8) is 0 Å². The molecule has 1 aliphatic heterocycles. The van der Waals surface area contributed by atoms with Gasteiger partial charge in [0.2, 0.25) is 0 Å². The van der Waals surface area contributed by atoms with Crippen molar-refractivity contribution in [2.45, 2.75) is 35.3 Å². The van der Waals surface area contributed by atoms with Gasteiger partial charge in [0.1, 0.15) is 0 Å². The minimum absolute atomic E-state index is 0.0162. The standard InChI is InChI=1S/C18H21NO6S3/c1-13-5-3-6-14(2)18(13)19-28(24,25)16-8-4-7-15(11-16)27(22,23)17-9-10-26(20,21)12-17/h3-8,11,17,19H,9-10,12H2,1-2H3/t17-/m0/s1. The van der Waals surface area contributed by atoms with Crippen LogP contribution in [-0.2, 0) is 29.7 Å². The fourth-order valence-electron chi connectivity index (χ4n) is 3.19. The third kappa shape index (κ3) is 4.08. The maximum absolute atomic E-state index is 12.8. The molecule has 1 N–H and O–H groups in total. The highest BCUT2D eigenvalue weighted by molar-refractivity contribution is 7.96. The Hall–Kier alpha value is -1.91. The number of nitrogens with one attached hydrogen (secondary N) is 1. The summed E-state index contributed by atoms with van der Waals surface area (Å²) in [6, 6.07) is 10.4. The fourth-order valence-corrected chi connectivity index (χ4v) is 8.91. The second-order valence-corrected chi connectivity index (χ2v) is 13.1. The number of hydrogen-bond donors (Lipinski definition) is 1. The molecule has 0 radical (unpaired) electrons. The zero-order chi connectivity index (χ0) is 20.7. The van der Waals surface area contributed by atoms with Crippen molar-refractivity contribution >= 4 is 35.4 Å². The van der Waals surface area contributed by atoms with Crippen molar-refractivity contribution in [3.05, 3.63) is 53.6 Å². The highest BCUT2D eigenvalue weighted by Crippen LogP contribution is 2.28. The van der Waals surface area contributed by atoms with E-state index in [9.17, 15) is 25.3 Å². The Bertz CT molecular complexity index is 1210. The van der Waals surface area contributed by atoms with E-state index in [1.54, 1.807) is 26.0 Å². The summed E-state index contributed by atoms with van der Waals surface area (Å²) >= 11 is 0. The molecule has 0 bridgehead atoms. The molecule has 0 aromatic heterocycles. The van der Waals surface area contributed by atoms with E-state index < -0.39 is 40.7 Å². The van der Waals surface area contributed by atoms with Crippen LogP contribution in [0.5, 0.6) is 0 Å². The normalized spacial score (nSPS) is 19.4. The van der Waals surface area contributed by atoms with E-state index in [1.165, 1.54) is 18.2 Å². The monoisotopic (exact) mass is 443 g/mol. The van der Waals surface area contributed by atoms with Gasteiger partial charge in [-0.25, -0.2) is 25.3 Å². The molecule has 28 heavy (non-hydrogen) atoms. The maximum Gasteiger partial charge on any atom is 0.261 e. The number of benzene rings is 2. The first-order valence-corrected chi connectivity index (χ1v) is 13.4. The number of anilines is 1. The van der Waals surface area contributed by atoms with Gasteiger partial charge < -0.3 is 0 Å². The Morgan fingerprint density at radius 3 is 2.07 bits per heavy atom. The van der Waals surface area contributed by atoms with E-state index in [0.717, 1.165) is 17.2 Å². The lowest BCUT2D eigenvalue weighted by atomic mass is 10.1. The average molecular weight is 444 g/mol. The third-order valence-corrected chi connectivity index (χ3v) is 10.3. The van der Waals surface area contributed by atoms with E-state index >= 15 is 0 Å². The molecule has 0 spiro atoms. The number of sulfone groups is 2. The van der Waals surface area contributed by atoms with Crippen molar-refractivity contribution in [2.75, 3.05) is 16.2 Å². The van der Waals surface area contributed by atoms with E-state index in [4.69, 9.17) is 0 Å². The Morgan fingerprint density at radius 2 is 1.50 bits per heavy atom. The van der Waals surface area contributed by atoms with Crippen LogP contribution in [0.1, 0.15) is 17.5 Å². The molecule has 1 fully saturated rings. The second kappa shape index (κ2) is 7.16. The number of sulfonamides is 1. The van der Waals surface area contributed by atoms with Gasteiger partial charge in [0, 0.05) is 0 Å². The minimum Gasteiger partial charge on any atom is -0.279 e. The molecular formula is C18H21NO6S3. The number of para-hydroxylation sites is 1. The van der Waals surface area contributed by atoms with Crippen molar-refractivity contribution in [2.24, 2.45) is 0 Å². The molecule has 0 amide bonds. The molecular weight excluding hydrogens is 422 g/mol. The van der Waals surface area contributed by atoms with Crippen LogP contribution in [0.4, 0.5) is 5.69 Å². The first-order chi connectivity index (χ1) is 12.9. The average Bonchev–Trinajstić information content (AvgIpc) is 2.99. The fraction of sp³-hybridized carbons (Fsp3) is 0.333. The molecule has 0 aliphatic carbocycles. The van der Waals surface area contributed by atoms with Crippen LogP contribution in [0.15, 0.2) is 52.3 Å². The molecule has 152 valence electrons. The Kier molecular flexibility index (Phi) is 5.32. The van der Waals surface area contributed by atoms with Crippen LogP contribution in [0, 0.1) is 13.8 Å². The molecule has 1 saturated heterocycles. The molecule has 1 atom stereocenters. The zero-order valence-electron chi connectivity index (χ0n) is 15.4. The van der Waals surface area contributed by atoms with Gasteiger partial charge in [-0.2, -0.15) is 0 Å². The number of aryl methyl sites for hydroxylation is 2. The predicted molar refractivity (Wildman–Crippen MR) is 107 cm³/mol. The van der Waals surface area contributed by atoms with Gasteiger partial charge in [-0.3, -0.25) is 4.72 Å². The van der Waals surface area contributed by atoms with Crippen molar-refractivity contribution in [1.82, 2.24) is 0 Å². The van der Waals surface area contributed by atoms with Gasteiger partial charge in [-0.15, -0.1) is 0 Å². The van der Waals surface area contributed by atoms with Gasteiger partial charge >= 0.3 is 0 Å². The SMILES string of the molecule is Cc1cccc(C)c1NS(=O)(=O)c1cccc(S(=O)(=O)[C@H]2CCS(=O)(=O)C2)c1.